The van der Waals surface area contributed by atoms with Crippen molar-refractivity contribution in [3.05, 3.63) is 48.1 Å². The number of aliphatic carboxylic acids is 1. The van der Waals surface area contributed by atoms with E-state index in [-0.39, 0.29) is 6.42 Å². The normalized spacial score (nSPS) is 18.7. The van der Waals surface area contributed by atoms with Gasteiger partial charge in [-0.05, 0) is 44.9 Å². The Hall–Kier alpha value is -1.57. The van der Waals surface area contributed by atoms with Gasteiger partial charge in [-0.3, -0.25) is 4.79 Å². The van der Waals surface area contributed by atoms with Crippen molar-refractivity contribution in [2.75, 3.05) is 0 Å². The van der Waals surface area contributed by atoms with Crippen LogP contribution in [0.2, 0.25) is 0 Å². The van der Waals surface area contributed by atoms with Crippen LogP contribution in [-0.2, 0) is 4.79 Å². The summed E-state index contributed by atoms with van der Waals surface area (Å²) in [6.07, 6.45) is 23.8. The summed E-state index contributed by atoms with van der Waals surface area (Å²) < 4.78 is 0. The molecule has 0 bridgehead atoms. The van der Waals surface area contributed by atoms with E-state index >= 15 is 0 Å². The molecular formula is C18H26O2. The van der Waals surface area contributed by atoms with Gasteiger partial charge in [0.2, 0.25) is 0 Å². The van der Waals surface area contributed by atoms with Gasteiger partial charge in [0, 0.05) is 0 Å². The molecule has 20 heavy (non-hydrogen) atoms. The molecule has 0 saturated carbocycles. The van der Waals surface area contributed by atoms with Crippen molar-refractivity contribution in [2.45, 2.75) is 57.8 Å². The Labute approximate surface area is 122 Å². The van der Waals surface area contributed by atoms with E-state index in [0.29, 0.717) is 0 Å². The van der Waals surface area contributed by atoms with Crippen molar-refractivity contribution < 1.29 is 9.90 Å². The molecule has 0 spiro atoms. The second kappa shape index (κ2) is 11.3. The maximum atomic E-state index is 10.8. The molecule has 1 rings (SSSR count). The van der Waals surface area contributed by atoms with Crippen molar-refractivity contribution >= 4 is 5.97 Å². The first-order valence-electron chi connectivity index (χ1n) is 7.63. The lowest BCUT2D eigenvalue weighted by Crippen LogP contribution is -1.97. The number of carboxylic acids is 1. The van der Waals surface area contributed by atoms with Crippen LogP contribution in [0.4, 0.5) is 0 Å². The number of hydrogen-bond donors (Lipinski definition) is 1. The number of carboxylic acid groups (broad SMARTS) is 1. The fourth-order valence-corrected chi connectivity index (χ4v) is 2.21. The maximum absolute atomic E-state index is 10.8. The highest BCUT2D eigenvalue weighted by atomic mass is 16.4. The standard InChI is InChI=1S/C18H26O2/c19-18(20)16-17-14-12-10-8-6-4-2-1-3-5-7-9-11-13-15-17/h1-2,5,7,11,13-14H,3-4,6,8-10,12,15-16H2,(H,19,20). The first kappa shape index (κ1) is 16.5. The lowest BCUT2D eigenvalue weighted by molar-refractivity contribution is -0.136. The zero-order valence-electron chi connectivity index (χ0n) is 12.3. The molecule has 0 aromatic rings. The van der Waals surface area contributed by atoms with E-state index in [4.69, 9.17) is 5.11 Å². The minimum Gasteiger partial charge on any atom is -0.481 e. The Bertz CT molecular complexity index is 386. The topological polar surface area (TPSA) is 37.3 Å². The van der Waals surface area contributed by atoms with Crippen LogP contribution in [0.15, 0.2) is 48.1 Å². The van der Waals surface area contributed by atoms with Crippen LogP contribution in [-0.4, -0.2) is 11.1 Å². The van der Waals surface area contributed by atoms with Gasteiger partial charge in [0.1, 0.15) is 0 Å². The van der Waals surface area contributed by atoms with E-state index in [1.807, 2.05) is 0 Å². The molecule has 0 fully saturated rings. The maximum Gasteiger partial charge on any atom is 0.307 e. The van der Waals surface area contributed by atoms with Gasteiger partial charge in [0.25, 0.3) is 0 Å². The molecule has 1 N–H and O–H groups in total. The minimum absolute atomic E-state index is 0.170. The molecule has 0 aromatic carbocycles. The molecule has 0 heterocycles. The van der Waals surface area contributed by atoms with Crippen molar-refractivity contribution in [1.29, 1.82) is 0 Å². The summed E-state index contributed by atoms with van der Waals surface area (Å²) in [6, 6.07) is 0. The van der Waals surface area contributed by atoms with Crippen LogP contribution in [0.1, 0.15) is 57.8 Å². The highest BCUT2D eigenvalue weighted by molar-refractivity contribution is 5.70. The van der Waals surface area contributed by atoms with Gasteiger partial charge in [0.15, 0.2) is 0 Å². The van der Waals surface area contributed by atoms with Gasteiger partial charge < -0.3 is 5.11 Å². The van der Waals surface area contributed by atoms with E-state index in [9.17, 15) is 4.79 Å². The van der Waals surface area contributed by atoms with Crippen molar-refractivity contribution in [2.24, 2.45) is 0 Å². The zero-order chi connectivity index (χ0) is 14.5. The van der Waals surface area contributed by atoms with Crippen LogP contribution in [0.5, 0.6) is 0 Å². The highest BCUT2D eigenvalue weighted by Gasteiger charge is 2.02. The zero-order valence-corrected chi connectivity index (χ0v) is 12.3. The van der Waals surface area contributed by atoms with Crippen LogP contribution in [0.3, 0.4) is 0 Å². The van der Waals surface area contributed by atoms with Crippen molar-refractivity contribution in [3.63, 3.8) is 0 Å². The summed E-state index contributed by atoms with van der Waals surface area (Å²) in [4.78, 5) is 10.8. The molecule has 0 aromatic heterocycles. The average Bonchev–Trinajstić information content (AvgIpc) is 2.40. The SMILES string of the molecule is O=C(O)CC1=CCCCCCC=CCC=CCC=CC1. The molecule has 2 heteroatoms. The quantitative estimate of drug-likeness (QED) is 0.703. The molecule has 0 unspecified atom stereocenters. The molecule has 0 atom stereocenters. The lowest BCUT2D eigenvalue weighted by Gasteiger charge is -2.02. The molecule has 0 saturated heterocycles. The number of carbonyl (C=O) groups is 1. The first-order valence-corrected chi connectivity index (χ1v) is 7.63. The van der Waals surface area contributed by atoms with Crippen LogP contribution >= 0.6 is 0 Å². The van der Waals surface area contributed by atoms with E-state index in [0.717, 1.165) is 44.1 Å². The summed E-state index contributed by atoms with van der Waals surface area (Å²) >= 11 is 0. The second-order valence-corrected chi connectivity index (χ2v) is 5.16. The summed E-state index contributed by atoms with van der Waals surface area (Å²) in [7, 11) is 0. The van der Waals surface area contributed by atoms with E-state index < -0.39 is 5.97 Å². The number of rotatable bonds is 2. The lowest BCUT2D eigenvalue weighted by atomic mass is 10.0. The molecule has 0 aliphatic heterocycles. The summed E-state index contributed by atoms with van der Waals surface area (Å²) in [5, 5.41) is 8.92. The third-order valence-electron chi connectivity index (χ3n) is 3.31. The fourth-order valence-electron chi connectivity index (χ4n) is 2.21. The van der Waals surface area contributed by atoms with Crippen LogP contribution < -0.4 is 0 Å². The largest absolute Gasteiger partial charge is 0.481 e. The van der Waals surface area contributed by atoms with Gasteiger partial charge >= 0.3 is 5.97 Å². The summed E-state index contributed by atoms with van der Waals surface area (Å²) in [5.41, 5.74) is 1.03. The average molecular weight is 274 g/mol. The van der Waals surface area contributed by atoms with Crippen molar-refractivity contribution in [1.82, 2.24) is 0 Å². The van der Waals surface area contributed by atoms with Crippen LogP contribution in [0, 0.1) is 0 Å². The molecular weight excluding hydrogens is 248 g/mol. The molecule has 2 nitrogen and oxygen atoms in total. The molecule has 0 radical (unpaired) electrons. The predicted molar refractivity (Wildman–Crippen MR) is 84.7 cm³/mol. The van der Waals surface area contributed by atoms with Gasteiger partial charge in [-0.2, -0.15) is 0 Å². The van der Waals surface area contributed by atoms with Gasteiger partial charge in [-0.25, -0.2) is 0 Å². The van der Waals surface area contributed by atoms with E-state index in [1.165, 1.54) is 12.8 Å². The Balaban J connectivity index is 2.54. The molecule has 0 amide bonds. The Kier molecular flexibility index (Phi) is 9.29. The number of hydrogen-bond acceptors (Lipinski definition) is 1. The predicted octanol–water partition coefficient (Wildman–Crippen LogP) is 5.19. The molecule has 110 valence electrons. The van der Waals surface area contributed by atoms with Gasteiger partial charge in [0.05, 0.1) is 6.42 Å². The van der Waals surface area contributed by atoms with Crippen LogP contribution in [0.25, 0.3) is 0 Å². The second-order valence-electron chi connectivity index (χ2n) is 5.16. The first-order chi connectivity index (χ1) is 9.79. The summed E-state index contributed by atoms with van der Waals surface area (Å²) in [6.45, 7) is 0. The van der Waals surface area contributed by atoms with Gasteiger partial charge in [-0.1, -0.05) is 54.5 Å². The fraction of sp³-hybridized carbons (Fsp3) is 0.500. The smallest absolute Gasteiger partial charge is 0.307 e. The Morgan fingerprint density at radius 3 is 2.30 bits per heavy atom. The van der Waals surface area contributed by atoms with E-state index in [1.54, 1.807) is 0 Å². The minimum atomic E-state index is -0.732. The Morgan fingerprint density at radius 1 is 0.900 bits per heavy atom. The Morgan fingerprint density at radius 2 is 1.55 bits per heavy atom. The van der Waals surface area contributed by atoms with E-state index in [2.05, 4.69) is 42.5 Å². The number of allylic oxidation sites excluding steroid dienone is 7. The molecule has 1 aliphatic rings. The van der Waals surface area contributed by atoms with Gasteiger partial charge in [-0.15, -0.1) is 0 Å². The molecule has 1 aliphatic carbocycles. The van der Waals surface area contributed by atoms with Crippen molar-refractivity contribution in [3.8, 4) is 0 Å². The monoisotopic (exact) mass is 274 g/mol. The summed E-state index contributed by atoms with van der Waals surface area (Å²) in [5.74, 6) is -0.732. The third kappa shape index (κ3) is 9.37. The third-order valence-corrected chi connectivity index (χ3v) is 3.31. The highest BCUT2D eigenvalue weighted by Crippen LogP contribution is 2.13.